The van der Waals surface area contributed by atoms with Crippen LogP contribution in [0.2, 0.25) is 0 Å². The van der Waals surface area contributed by atoms with E-state index in [4.69, 9.17) is 4.74 Å². The number of carbonyl (C=O) groups excluding carboxylic acids is 1. The molecule has 1 aromatic carbocycles. The number of nitrogens with one attached hydrogen (secondary N) is 1. The summed E-state index contributed by atoms with van der Waals surface area (Å²) in [6.07, 6.45) is -5.72. The van der Waals surface area contributed by atoms with Crippen molar-refractivity contribution in [3.05, 3.63) is 45.5 Å². The Hall–Kier alpha value is -2.32. The number of hydrogen-bond acceptors (Lipinski definition) is 4. The molecule has 0 heterocycles. The lowest BCUT2D eigenvalue weighted by molar-refractivity contribution is -0.484. The molecule has 1 atom stereocenters. The molecule has 0 aromatic heterocycles. The number of benzene rings is 1. The molecule has 128 valence electrons. The molecule has 0 aliphatic carbocycles. The molecule has 6 nitrogen and oxygen atoms in total. The zero-order chi connectivity index (χ0) is 17.8. The van der Waals surface area contributed by atoms with Crippen LogP contribution in [0.1, 0.15) is 37.9 Å². The maximum Gasteiger partial charge on any atom is 0.416 e. The maximum absolute atomic E-state index is 13.0. The summed E-state index contributed by atoms with van der Waals surface area (Å²) in [5.74, 6) is 0. The molecule has 1 unspecified atom stereocenters. The highest BCUT2D eigenvalue weighted by atomic mass is 19.4. The molecule has 1 aromatic rings. The summed E-state index contributed by atoms with van der Waals surface area (Å²) < 4.78 is 44.1. The van der Waals surface area contributed by atoms with Gasteiger partial charge in [-0.3, -0.25) is 10.1 Å². The van der Waals surface area contributed by atoms with E-state index < -0.39 is 40.9 Å². The van der Waals surface area contributed by atoms with Crippen molar-refractivity contribution in [2.24, 2.45) is 0 Å². The number of halogens is 3. The number of alkyl carbamates (subject to hydrolysis) is 1. The van der Waals surface area contributed by atoms with E-state index in [9.17, 15) is 28.1 Å². The Morgan fingerprint density at radius 3 is 2.35 bits per heavy atom. The molecular formula is C14H17F3N2O4. The van der Waals surface area contributed by atoms with Crippen molar-refractivity contribution in [3.8, 4) is 0 Å². The van der Waals surface area contributed by atoms with Gasteiger partial charge in [0.2, 0.25) is 6.54 Å². The monoisotopic (exact) mass is 334 g/mol. The largest absolute Gasteiger partial charge is 0.444 e. The van der Waals surface area contributed by atoms with Gasteiger partial charge in [-0.2, -0.15) is 13.2 Å². The van der Waals surface area contributed by atoms with E-state index in [1.807, 2.05) is 0 Å². The first-order valence-corrected chi connectivity index (χ1v) is 6.67. The number of amides is 1. The highest BCUT2D eigenvalue weighted by Gasteiger charge is 2.37. The fourth-order valence-corrected chi connectivity index (χ4v) is 1.88. The Labute approximate surface area is 130 Å². The summed E-state index contributed by atoms with van der Waals surface area (Å²) >= 11 is 0. The van der Waals surface area contributed by atoms with Gasteiger partial charge in [-0.1, -0.05) is 18.2 Å². The summed E-state index contributed by atoms with van der Waals surface area (Å²) in [6, 6.07) is 2.92. The van der Waals surface area contributed by atoms with E-state index in [1.165, 1.54) is 12.1 Å². The molecule has 0 fully saturated rings. The van der Waals surface area contributed by atoms with Crippen molar-refractivity contribution in [2.45, 2.75) is 38.6 Å². The zero-order valence-electron chi connectivity index (χ0n) is 12.8. The topological polar surface area (TPSA) is 81.5 Å². The molecule has 0 radical (unpaired) electrons. The normalized spacial score (nSPS) is 13.3. The first-order chi connectivity index (χ1) is 10.4. The fourth-order valence-electron chi connectivity index (χ4n) is 1.88. The summed E-state index contributed by atoms with van der Waals surface area (Å²) in [7, 11) is 0. The number of rotatable bonds is 4. The first kappa shape index (κ1) is 18.7. The minimum Gasteiger partial charge on any atom is -0.444 e. The van der Waals surface area contributed by atoms with Crippen LogP contribution in [0.25, 0.3) is 0 Å². The average Bonchev–Trinajstić information content (AvgIpc) is 2.34. The van der Waals surface area contributed by atoms with Crippen LogP contribution in [0.3, 0.4) is 0 Å². The maximum atomic E-state index is 13.0. The molecular weight excluding hydrogens is 317 g/mol. The highest BCUT2D eigenvalue weighted by molar-refractivity contribution is 5.68. The van der Waals surface area contributed by atoms with Crippen LogP contribution in [0.15, 0.2) is 24.3 Å². The third kappa shape index (κ3) is 6.13. The fraction of sp³-hybridized carbons (Fsp3) is 0.500. The molecule has 9 heteroatoms. The van der Waals surface area contributed by atoms with Gasteiger partial charge in [0, 0.05) is 4.92 Å². The number of alkyl halides is 3. The van der Waals surface area contributed by atoms with Gasteiger partial charge < -0.3 is 10.1 Å². The number of hydrogen-bond donors (Lipinski definition) is 1. The van der Waals surface area contributed by atoms with E-state index in [0.717, 1.165) is 12.1 Å². The van der Waals surface area contributed by atoms with Crippen LogP contribution >= 0.6 is 0 Å². The van der Waals surface area contributed by atoms with Crippen LogP contribution < -0.4 is 5.32 Å². The van der Waals surface area contributed by atoms with Gasteiger partial charge in [0.1, 0.15) is 11.6 Å². The molecule has 1 rings (SSSR count). The summed E-state index contributed by atoms with van der Waals surface area (Å²) in [4.78, 5) is 21.7. The second kappa shape index (κ2) is 6.84. The van der Waals surface area contributed by atoms with Crippen molar-refractivity contribution < 1.29 is 27.6 Å². The van der Waals surface area contributed by atoms with Crippen LogP contribution in [0.4, 0.5) is 18.0 Å². The molecule has 0 saturated heterocycles. The zero-order valence-corrected chi connectivity index (χ0v) is 12.8. The van der Waals surface area contributed by atoms with Crippen molar-refractivity contribution in [1.82, 2.24) is 5.32 Å². The molecule has 23 heavy (non-hydrogen) atoms. The van der Waals surface area contributed by atoms with Gasteiger partial charge in [-0.25, -0.2) is 4.79 Å². The smallest absolute Gasteiger partial charge is 0.416 e. The van der Waals surface area contributed by atoms with Crippen molar-refractivity contribution >= 4 is 6.09 Å². The summed E-state index contributed by atoms with van der Waals surface area (Å²) in [5.41, 5.74) is -2.31. The van der Waals surface area contributed by atoms with Crippen molar-refractivity contribution in [3.63, 3.8) is 0 Å². The predicted molar refractivity (Wildman–Crippen MR) is 75.4 cm³/mol. The van der Waals surface area contributed by atoms with Gasteiger partial charge in [0.25, 0.3) is 0 Å². The second-order valence-electron chi connectivity index (χ2n) is 5.80. The van der Waals surface area contributed by atoms with Crippen molar-refractivity contribution in [2.75, 3.05) is 6.54 Å². The van der Waals surface area contributed by atoms with E-state index in [0.29, 0.717) is 0 Å². The van der Waals surface area contributed by atoms with Gasteiger partial charge in [0.05, 0.1) is 5.56 Å². The molecule has 0 bridgehead atoms. The average molecular weight is 334 g/mol. The first-order valence-electron chi connectivity index (χ1n) is 6.67. The standard InChI is InChI=1S/C14H17F3N2O4/c1-13(2,3)23-12(20)18-11(8-19(21)22)9-6-4-5-7-10(9)14(15,16)17/h4-7,11H,8H2,1-3H3,(H,18,20). The molecule has 0 spiro atoms. The van der Waals surface area contributed by atoms with Crippen LogP contribution in [0.5, 0.6) is 0 Å². The third-order valence-electron chi connectivity index (χ3n) is 2.66. The van der Waals surface area contributed by atoms with Crippen molar-refractivity contribution in [1.29, 1.82) is 0 Å². The Kier molecular flexibility index (Phi) is 5.57. The van der Waals surface area contributed by atoms with E-state index in [-0.39, 0.29) is 5.56 Å². The lowest BCUT2D eigenvalue weighted by Crippen LogP contribution is -2.38. The number of nitrogens with zero attached hydrogens (tertiary/aromatic N) is 1. The number of carbonyl (C=O) groups is 1. The Balaban J connectivity index is 3.13. The SMILES string of the molecule is CC(C)(C)OC(=O)NC(C[N+](=O)[O-])c1ccccc1C(F)(F)F. The van der Waals surface area contributed by atoms with E-state index in [1.54, 1.807) is 20.8 Å². The molecule has 1 amide bonds. The minimum absolute atomic E-state index is 0.387. The minimum atomic E-state index is -4.69. The summed E-state index contributed by atoms with van der Waals surface area (Å²) in [5, 5.41) is 12.9. The lowest BCUT2D eigenvalue weighted by Gasteiger charge is -2.23. The second-order valence-corrected chi connectivity index (χ2v) is 5.80. The van der Waals surface area contributed by atoms with Gasteiger partial charge in [-0.05, 0) is 32.4 Å². The molecule has 0 saturated carbocycles. The van der Waals surface area contributed by atoms with E-state index >= 15 is 0 Å². The quantitative estimate of drug-likeness (QED) is 0.674. The Morgan fingerprint density at radius 2 is 1.87 bits per heavy atom. The van der Waals surface area contributed by atoms with Gasteiger partial charge in [-0.15, -0.1) is 0 Å². The molecule has 0 aliphatic heterocycles. The third-order valence-corrected chi connectivity index (χ3v) is 2.66. The van der Waals surface area contributed by atoms with Crippen LogP contribution in [0, 0.1) is 10.1 Å². The number of ether oxygens (including phenoxy) is 1. The Bertz CT molecular complexity index is 582. The highest BCUT2D eigenvalue weighted by Crippen LogP contribution is 2.34. The Morgan fingerprint density at radius 1 is 1.30 bits per heavy atom. The van der Waals surface area contributed by atoms with Gasteiger partial charge >= 0.3 is 12.3 Å². The lowest BCUT2D eigenvalue weighted by atomic mass is 10.00. The predicted octanol–water partition coefficient (Wildman–Crippen LogP) is 3.55. The summed E-state index contributed by atoms with van der Waals surface area (Å²) in [6.45, 7) is 3.81. The molecule has 0 aliphatic rings. The van der Waals surface area contributed by atoms with Crippen LogP contribution in [-0.4, -0.2) is 23.2 Å². The number of nitro groups is 1. The molecule has 1 N–H and O–H groups in total. The van der Waals surface area contributed by atoms with Gasteiger partial charge in [0.15, 0.2) is 0 Å². The van der Waals surface area contributed by atoms with Crippen LogP contribution in [-0.2, 0) is 10.9 Å². The van der Waals surface area contributed by atoms with E-state index in [2.05, 4.69) is 5.32 Å².